The summed E-state index contributed by atoms with van der Waals surface area (Å²) in [7, 11) is 0. The fourth-order valence-corrected chi connectivity index (χ4v) is 3.99. The Morgan fingerprint density at radius 2 is 1.90 bits per heavy atom. The summed E-state index contributed by atoms with van der Waals surface area (Å²) in [6.45, 7) is 0. The molecule has 0 radical (unpaired) electrons. The van der Waals surface area contributed by atoms with Gasteiger partial charge in [-0.25, -0.2) is 4.39 Å². The molecule has 0 fully saturated rings. The van der Waals surface area contributed by atoms with Gasteiger partial charge in [0, 0.05) is 14.7 Å². The summed E-state index contributed by atoms with van der Waals surface area (Å²) in [5, 5.41) is 2.91. The van der Waals surface area contributed by atoms with Crippen LogP contribution in [0.25, 0.3) is 10.1 Å². The van der Waals surface area contributed by atoms with E-state index in [1.807, 2.05) is 29.6 Å². The lowest BCUT2D eigenvalue weighted by Crippen LogP contribution is -1.97. The molecule has 0 aliphatic carbocycles. The van der Waals surface area contributed by atoms with E-state index >= 15 is 0 Å². The molecule has 0 N–H and O–H groups in total. The molecular formula is C15H8BrCl2FS. The standard InChI is InChI=1S/C15H8BrCl2FS/c16-11-6-13(19)9(5-12(11)17)15(18)10-7-20-14-4-2-1-3-8(10)14/h1-7,15H. The fourth-order valence-electron chi connectivity index (χ4n) is 2.09. The summed E-state index contributed by atoms with van der Waals surface area (Å²) >= 11 is 17.3. The Bertz CT molecular complexity index is 785. The molecule has 3 rings (SSSR count). The zero-order valence-corrected chi connectivity index (χ0v) is 14.0. The Hall–Kier alpha value is -0.610. The highest BCUT2D eigenvalue weighted by atomic mass is 79.9. The first kappa shape index (κ1) is 14.3. The Labute approximate surface area is 138 Å². The third kappa shape index (κ3) is 2.48. The van der Waals surface area contributed by atoms with Crippen molar-refractivity contribution in [3.05, 3.63) is 68.2 Å². The van der Waals surface area contributed by atoms with Crippen LogP contribution >= 0.6 is 50.5 Å². The van der Waals surface area contributed by atoms with Gasteiger partial charge in [0.05, 0.1) is 10.4 Å². The first-order chi connectivity index (χ1) is 9.58. The maximum absolute atomic E-state index is 14.1. The number of fused-ring (bicyclic) bond motifs is 1. The minimum absolute atomic E-state index is 0.364. The van der Waals surface area contributed by atoms with Gasteiger partial charge in [-0.05, 0) is 50.5 Å². The quantitative estimate of drug-likeness (QED) is 0.334. The number of halogens is 4. The van der Waals surface area contributed by atoms with Gasteiger partial charge >= 0.3 is 0 Å². The molecule has 0 aliphatic rings. The fraction of sp³-hybridized carbons (Fsp3) is 0.0667. The van der Waals surface area contributed by atoms with Gasteiger partial charge < -0.3 is 0 Å². The lowest BCUT2D eigenvalue weighted by molar-refractivity contribution is 0.612. The highest BCUT2D eigenvalue weighted by Crippen LogP contribution is 2.40. The molecule has 0 saturated heterocycles. The van der Waals surface area contributed by atoms with E-state index in [-0.39, 0.29) is 5.82 Å². The van der Waals surface area contributed by atoms with Crippen LogP contribution < -0.4 is 0 Å². The lowest BCUT2D eigenvalue weighted by atomic mass is 10.0. The molecule has 5 heteroatoms. The first-order valence-corrected chi connectivity index (χ1v) is 8.31. The molecule has 1 heterocycles. The van der Waals surface area contributed by atoms with Crippen LogP contribution in [-0.2, 0) is 0 Å². The van der Waals surface area contributed by atoms with Crippen LogP contribution in [0.3, 0.4) is 0 Å². The molecule has 0 spiro atoms. The molecule has 2 aromatic carbocycles. The first-order valence-electron chi connectivity index (χ1n) is 5.82. The van der Waals surface area contributed by atoms with Crippen molar-refractivity contribution >= 4 is 60.6 Å². The van der Waals surface area contributed by atoms with Crippen molar-refractivity contribution in [2.45, 2.75) is 5.38 Å². The molecule has 1 aromatic heterocycles. The minimum atomic E-state index is -0.559. The molecule has 0 bridgehead atoms. The van der Waals surface area contributed by atoms with E-state index in [0.717, 1.165) is 15.6 Å². The van der Waals surface area contributed by atoms with Crippen LogP contribution in [0, 0.1) is 5.82 Å². The van der Waals surface area contributed by atoms with Gasteiger partial charge in [0.1, 0.15) is 5.82 Å². The van der Waals surface area contributed by atoms with E-state index in [2.05, 4.69) is 15.9 Å². The van der Waals surface area contributed by atoms with Crippen LogP contribution in [0.15, 0.2) is 46.3 Å². The molecule has 1 unspecified atom stereocenters. The predicted octanol–water partition coefficient (Wildman–Crippen LogP) is 6.78. The smallest absolute Gasteiger partial charge is 0.129 e. The monoisotopic (exact) mass is 388 g/mol. The van der Waals surface area contributed by atoms with Crippen LogP contribution in [-0.4, -0.2) is 0 Å². The molecule has 0 saturated carbocycles. The van der Waals surface area contributed by atoms with E-state index in [9.17, 15) is 4.39 Å². The number of benzene rings is 2. The summed E-state index contributed by atoms with van der Waals surface area (Å²) in [6.07, 6.45) is 0. The molecule has 0 aliphatic heterocycles. The van der Waals surface area contributed by atoms with Crippen molar-refractivity contribution in [3.8, 4) is 0 Å². The Balaban J connectivity index is 2.13. The highest BCUT2D eigenvalue weighted by Gasteiger charge is 2.20. The third-order valence-electron chi connectivity index (χ3n) is 3.10. The number of hydrogen-bond donors (Lipinski definition) is 0. The average Bonchev–Trinajstić information content (AvgIpc) is 2.86. The van der Waals surface area contributed by atoms with Gasteiger partial charge in [-0.1, -0.05) is 29.8 Å². The van der Waals surface area contributed by atoms with Crippen molar-refractivity contribution < 1.29 is 4.39 Å². The topological polar surface area (TPSA) is 0 Å². The third-order valence-corrected chi connectivity index (χ3v) is 5.75. The Morgan fingerprint density at radius 1 is 1.15 bits per heavy atom. The second-order valence-corrected chi connectivity index (χ2v) is 6.95. The summed E-state index contributed by atoms with van der Waals surface area (Å²) in [6, 6.07) is 10.9. The number of rotatable bonds is 2. The molecule has 102 valence electrons. The Morgan fingerprint density at radius 3 is 2.70 bits per heavy atom. The van der Waals surface area contributed by atoms with E-state index in [1.165, 1.54) is 6.07 Å². The van der Waals surface area contributed by atoms with Crippen molar-refractivity contribution in [1.29, 1.82) is 0 Å². The van der Waals surface area contributed by atoms with Gasteiger partial charge in [-0.2, -0.15) is 0 Å². The molecule has 1 atom stereocenters. The number of alkyl halides is 1. The van der Waals surface area contributed by atoms with Crippen LogP contribution in [0.5, 0.6) is 0 Å². The maximum Gasteiger partial charge on any atom is 0.129 e. The number of thiophene rings is 1. The van der Waals surface area contributed by atoms with Crippen molar-refractivity contribution in [2.75, 3.05) is 0 Å². The molecule has 0 amide bonds. The lowest BCUT2D eigenvalue weighted by Gasteiger charge is -2.12. The maximum atomic E-state index is 14.1. The number of hydrogen-bond acceptors (Lipinski definition) is 1. The van der Waals surface area contributed by atoms with Crippen molar-refractivity contribution in [2.24, 2.45) is 0 Å². The highest BCUT2D eigenvalue weighted by molar-refractivity contribution is 9.10. The largest absolute Gasteiger partial charge is 0.207 e. The van der Waals surface area contributed by atoms with Gasteiger partial charge in [0.25, 0.3) is 0 Å². The second-order valence-electron chi connectivity index (χ2n) is 4.34. The van der Waals surface area contributed by atoms with E-state index in [0.29, 0.717) is 15.1 Å². The summed E-state index contributed by atoms with van der Waals surface area (Å²) < 4.78 is 15.8. The van der Waals surface area contributed by atoms with Crippen molar-refractivity contribution in [1.82, 2.24) is 0 Å². The van der Waals surface area contributed by atoms with Gasteiger partial charge in [0.2, 0.25) is 0 Å². The van der Waals surface area contributed by atoms with Crippen LogP contribution in [0.4, 0.5) is 4.39 Å². The average molecular weight is 390 g/mol. The SMILES string of the molecule is Fc1cc(Br)c(Cl)cc1C(Cl)c1csc2ccccc12. The summed E-state index contributed by atoms with van der Waals surface area (Å²) in [4.78, 5) is 0. The molecular weight excluding hydrogens is 382 g/mol. The van der Waals surface area contributed by atoms with E-state index in [1.54, 1.807) is 17.4 Å². The predicted molar refractivity (Wildman–Crippen MR) is 88.6 cm³/mol. The molecule has 20 heavy (non-hydrogen) atoms. The molecule has 0 nitrogen and oxygen atoms in total. The van der Waals surface area contributed by atoms with Gasteiger partial charge in [-0.3, -0.25) is 0 Å². The molecule has 3 aromatic rings. The van der Waals surface area contributed by atoms with E-state index in [4.69, 9.17) is 23.2 Å². The van der Waals surface area contributed by atoms with Gasteiger partial charge in [-0.15, -0.1) is 22.9 Å². The van der Waals surface area contributed by atoms with Gasteiger partial charge in [0.15, 0.2) is 0 Å². The summed E-state index contributed by atoms with van der Waals surface area (Å²) in [5.41, 5.74) is 1.30. The second kappa shape index (κ2) is 5.64. The van der Waals surface area contributed by atoms with E-state index < -0.39 is 5.38 Å². The summed E-state index contributed by atoms with van der Waals surface area (Å²) in [5.74, 6) is -0.364. The zero-order chi connectivity index (χ0) is 14.3. The van der Waals surface area contributed by atoms with Crippen molar-refractivity contribution in [3.63, 3.8) is 0 Å². The van der Waals surface area contributed by atoms with Crippen LogP contribution in [0.1, 0.15) is 16.5 Å². The minimum Gasteiger partial charge on any atom is -0.207 e. The van der Waals surface area contributed by atoms with Crippen LogP contribution in [0.2, 0.25) is 5.02 Å². The Kier molecular flexibility index (Phi) is 4.04. The zero-order valence-electron chi connectivity index (χ0n) is 10.0. The normalized spacial score (nSPS) is 12.8.